The number of aliphatic hydroxyl groups is 1. The highest BCUT2D eigenvalue weighted by Gasteiger charge is 2.29. The smallest absolute Gasteiger partial charge is 0.149 e. The van der Waals surface area contributed by atoms with E-state index in [1.807, 2.05) is 0 Å². The number of piperidine rings is 1. The zero-order chi connectivity index (χ0) is 13.3. The summed E-state index contributed by atoms with van der Waals surface area (Å²) >= 11 is 0. The van der Waals surface area contributed by atoms with Gasteiger partial charge in [-0.15, -0.1) is 0 Å². The van der Waals surface area contributed by atoms with Gasteiger partial charge in [-0.2, -0.15) is 0 Å². The maximum atomic E-state index is 13.7. The van der Waals surface area contributed by atoms with Crippen molar-refractivity contribution in [2.75, 3.05) is 18.0 Å². The average molecular weight is 256 g/mol. The SMILES string of the molecule is CC(O)C1CC(N)CN(c2ccc(F)cc2F)C1. The van der Waals surface area contributed by atoms with Gasteiger partial charge in [0.1, 0.15) is 11.6 Å². The summed E-state index contributed by atoms with van der Waals surface area (Å²) in [7, 11) is 0. The lowest BCUT2D eigenvalue weighted by Crippen LogP contribution is -2.49. The number of anilines is 1. The van der Waals surface area contributed by atoms with Gasteiger partial charge in [0.2, 0.25) is 0 Å². The fourth-order valence-corrected chi connectivity index (χ4v) is 2.46. The van der Waals surface area contributed by atoms with Crippen molar-refractivity contribution in [2.45, 2.75) is 25.5 Å². The van der Waals surface area contributed by atoms with Gasteiger partial charge in [0.05, 0.1) is 11.8 Å². The highest BCUT2D eigenvalue weighted by atomic mass is 19.1. The van der Waals surface area contributed by atoms with Crippen molar-refractivity contribution in [3.05, 3.63) is 29.8 Å². The molecule has 3 N–H and O–H groups in total. The molecule has 1 heterocycles. The number of aliphatic hydroxyl groups excluding tert-OH is 1. The van der Waals surface area contributed by atoms with E-state index in [0.29, 0.717) is 18.8 Å². The van der Waals surface area contributed by atoms with E-state index in [2.05, 4.69) is 0 Å². The van der Waals surface area contributed by atoms with Crippen LogP contribution in [0.15, 0.2) is 18.2 Å². The van der Waals surface area contributed by atoms with Crippen LogP contribution < -0.4 is 10.6 Å². The van der Waals surface area contributed by atoms with E-state index in [4.69, 9.17) is 5.73 Å². The van der Waals surface area contributed by atoms with Crippen LogP contribution in [0, 0.1) is 17.6 Å². The lowest BCUT2D eigenvalue weighted by atomic mass is 9.90. The van der Waals surface area contributed by atoms with Gasteiger partial charge in [-0.05, 0) is 25.5 Å². The predicted octanol–water partition coefficient (Wildman–Crippen LogP) is 1.50. The quantitative estimate of drug-likeness (QED) is 0.843. The van der Waals surface area contributed by atoms with E-state index in [-0.39, 0.29) is 12.0 Å². The van der Waals surface area contributed by atoms with E-state index < -0.39 is 17.7 Å². The fourth-order valence-electron chi connectivity index (χ4n) is 2.46. The largest absolute Gasteiger partial charge is 0.393 e. The Balaban J connectivity index is 2.21. The maximum Gasteiger partial charge on any atom is 0.149 e. The molecule has 0 bridgehead atoms. The third-order valence-corrected chi connectivity index (χ3v) is 3.45. The Labute approximate surface area is 105 Å². The molecule has 1 aliphatic heterocycles. The van der Waals surface area contributed by atoms with Crippen LogP contribution >= 0.6 is 0 Å². The molecule has 1 saturated heterocycles. The molecule has 3 nitrogen and oxygen atoms in total. The molecule has 1 aromatic rings. The van der Waals surface area contributed by atoms with Gasteiger partial charge < -0.3 is 15.7 Å². The summed E-state index contributed by atoms with van der Waals surface area (Å²) in [4.78, 5) is 1.78. The number of nitrogens with two attached hydrogens (primary N) is 1. The molecule has 0 aromatic heterocycles. The first-order chi connectivity index (χ1) is 8.47. The zero-order valence-corrected chi connectivity index (χ0v) is 10.3. The first-order valence-corrected chi connectivity index (χ1v) is 6.11. The molecule has 0 spiro atoms. The van der Waals surface area contributed by atoms with Crippen molar-refractivity contribution in [3.63, 3.8) is 0 Å². The highest BCUT2D eigenvalue weighted by molar-refractivity contribution is 5.48. The van der Waals surface area contributed by atoms with Crippen molar-refractivity contribution in [1.29, 1.82) is 0 Å². The van der Waals surface area contributed by atoms with Crippen molar-refractivity contribution in [3.8, 4) is 0 Å². The van der Waals surface area contributed by atoms with E-state index in [1.54, 1.807) is 11.8 Å². The van der Waals surface area contributed by atoms with Gasteiger partial charge in [-0.25, -0.2) is 8.78 Å². The Morgan fingerprint density at radius 2 is 2.11 bits per heavy atom. The van der Waals surface area contributed by atoms with Gasteiger partial charge in [-0.1, -0.05) is 0 Å². The number of benzene rings is 1. The van der Waals surface area contributed by atoms with Gasteiger partial charge in [-0.3, -0.25) is 0 Å². The molecule has 1 aromatic carbocycles. The van der Waals surface area contributed by atoms with E-state index in [9.17, 15) is 13.9 Å². The summed E-state index contributed by atoms with van der Waals surface area (Å²) in [6, 6.07) is 3.41. The van der Waals surface area contributed by atoms with E-state index >= 15 is 0 Å². The second kappa shape index (κ2) is 5.20. The summed E-state index contributed by atoms with van der Waals surface area (Å²) in [6.45, 7) is 2.77. The minimum Gasteiger partial charge on any atom is -0.393 e. The Kier molecular flexibility index (Phi) is 3.82. The Morgan fingerprint density at radius 1 is 1.39 bits per heavy atom. The van der Waals surface area contributed by atoms with Crippen LogP contribution in [0.25, 0.3) is 0 Å². The lowest BCUT2D eigenvalue weighted by molar-refractivity contribution is 0.110. The lowest BCUT2D eigenvalue weighted by Gasteiger charge is -2.39. The molecule has 0 saturated carbocycles. The van der Waals surface area contributed by atoms with Crippen molar-refractivity contribution in [1.82, 2.24) is 0 Å². The highest BCUT2D eigenvalue weighted by Crippen LogP contribution is 2.27. The maximum absolute atomic E-state index is 13.7. The van der Waals surface area contributed by atoms with Crippen LogP contribution in [0.5, 0.6) is 0 Å². The number of halogens is 2. The minimum absolute atomic E-state index is 0.0122. The number of rotatable bonds is 2. The summed E-state index contributed by atoms with van der Waals surface area (Å²) in [6.07, 6.45) is 0.235. The number of nitrogens with zero attached hydrogens (tertiary/aromatic N) is 1. The first kappa shape index (κ1) is 13.2. The molecule has 1 fully saturated rings. The van der Waals surface area contributed by atoms with Crippen LogP contribution in [-0.2, 0) is 0 Å². The second-order valence-corrected chi connectivity index (χ2v) is 5.00. The summed E-state index contributed by atoms with van der Waals surface area (Å²) < 4.78 is 26.6. The van der Waals surface area contributed by atoms with Crippen molar-refractivity contribution >= 4 is 5.69 Å². The zero-order valence-electron chi connectivity index (χ0n) is 10.3. The van der Waals surface area contributed by atoms with Crippen LogP contribution in [0.4, 0.5) is 14.5 Å². The Hall–Kier alpha value is -1.20. The van der Waals surface area contributed by atoms with Crippen LogP contribution in [0.1, 0.15) is 13.3 Å². The Morgan fingerprint density at radius 3 is 2.72 bits per heavy atom. The summed E-state index contributed by atoms with van der Waals surface area (Å²) in [5.74, 6) is -1.17. The van der Waals surface area contributed by atoms with Crippen molar-refractivity contribution < 1.29 is 13.9 Å². The van der Waals surface area contributed by atoms with Gasteiger partial charge in [0.15, 0.2) is 0 Å². The van der Waals surface area contributed by atoms with Crippen LogP contribution in [-0.4, -0.2) is 30.3 Å². The third-order valence-electron chi connectivity index (χ3n) is 3.45. The van der Waals surface area contributed by atoms with E-state index in [1.165, 1.54) is 12.1 Å². The van der Waals surface area contributed by atoms with Crippen LogP contribution in [0.2, 0.25) is 0 Å². The third kappa shape index (κ3) is 2.79. The molecule has 1 aliphatic rings. The standard InChI is InChI=1S/C13H18F2N2O/c1-8(18)9-4-11(16)7-17(6-9)13-3-2-10(14)5-12(13)15/h2-3,5,8-9,11,18H,4,6-7,16H2,1H3. The van der Waals surface area contributed by atoms with Crippen LogP contribution in [0.3, 0.4) is 0 Å². The Bertz CT molecular complexity index is 425. The van der Waals surface area contributed by atoms with E-state index in [0.717, 1.165) is 12.5 Å². The van der Waals surface area contributed by atoms with Gasteiger partial charge in [0, 0.05) is 31.1 Å². The molecule has 2 rings (SSSR count). The molecule has 0 radical (unpaired) electrons. The molecule has 3 atom stereocenters. The van der Waals surface area contributed by atoms with Gasteiger partial charge >= 0.3 is 0 Å². The number of hydrogen-bond donors (Lipinski definition) is 2. The van der Waals surface area contributed by atoms with Crippen molar-refractivity contribution in [2.24, 2.45) is 11.7 Å². The summed E-state index contributed by atoms with van der Waals surface area (Å²) in [5, 5.41) is 9.64. The monoisotopic (exact) mass is 256 g/mol. The normalized spacial score (nSPS) is 26.2. The fraction of sp³-hybridized carbons (Fsp3) is 0.538. The predicted molar refractivity (Wildman–Crippen MR) is 66.3 cm³/mol. The molecule has 0 amide bonds. The average Bonchev–Trinajstić information content (AvgIpc) is 2.27. The molecule has 0 aliphatic carbocycles. The molecule has 100 valence electrons. The molecule has 18 heavy (non-hydrogen) atoms. The summed E-state index contributed by atoms with van der Waals surface area (Å²) in [5.41, 5.74) is 6.27. The molecule has 3 unspecified atom stereocenters. The molecule has 5 heteroatoms. The second-order valence-electron chi connectivity index (χ2n) is 5.00. The molecular formula is C13H18F2N2O. The van der Waals surface area contributed by atoms with Gasteiger partial charge in [0.25, 0.3) is 0 Å². The minimum atomic E-state index is -0.593. The first-order valence-electron chi connectivity index (χ1n) is 6.11. The number of hydrogen-bond acceptors (Lipinski definition) is 3. The topological polar surface area (TPSA) is 49.5 Å². The molecular weight excluding hydrogens is 238 g/mol.